The highest BCUT2D eigenvalue weighted by Crippen LogP contribution is 2.53. The summed E-state index contributed by atoms with van der Waals surface area (Å²) in [6.07, 6.45) is -14.7. The molecule has 6 aliphatic rings. The average Bonchev–Trinajstić information content (AvgIpc) is 3.96. The van der Waals surface area contributed by atoms with Gasteiger partial charge in [0.2, 0.25) is 11.4 Å². The lowest BCUT2D eigenvalue weighted by atomic mass is 9.68. The van der Waals surface area contributed by atoms with Crippen LogP contribution in [0.1, 0.15) is 136 Å². The molecule has 0 N–H and O–H groups in total. The number of hydrogen-bond donors (Lipinski definition) is 0. The van der Waals surface area contributed by atoms with Crippen molar-refractivity contribution in [2.45, 2.75) is 238 Å². The van der Waals surface area contributed by atoms with Gasteiger partial charge in [-0.3, -0.25) is 19.2 Å². The standard InChI is InChI=1S/C56H88ClNO22/c1-25(2)19-40(62)74-44-29(6)37(27(4)24-68-50-48(66-17)47(65-16)45(33(10)71-50)72-35(12)59)21-39(61)30(7)43(75-41-23-54(14)49(34(11)70-41)77-52(63)78-54)31(8)42(26(3)22-55(15)56(57,32(44)9)80-53(64)79-55)76-51-46(73-36(13)60)38(58-67-18)20-28(5)69-51/h25-34,37,41-51H,19-24H2,1-18H3/t26-,27-,28+,29-,30-,31+,32+,33+,34-,37+,41-,42-,43+,44+,45+,46+,47+,48+,49-,50+,51-,54+,55+,56?/m0/s1. The van der Waals surface area contributed by atoms with E-state index in [0.29, 0.717) is 5.71 Å². The zero-order valence-electron chi connectivity index (χ0n) is 49.8. The smallest absolute Gasteiger partial charge is 0.462 e. The van der Waals surface area contributed by atoms with Gasteiger partial charge in [-0.1, -0.05) is 72.1 Å². The molecule has 1 unspecified atom stereocenters. The number of carbonyl (C=O) groups is 6. The predicted molar refractivity (Wildman–Crippen MR) is 281 cm³/mol. The fourth-order valence-corrected chi connectivity index (χ4v) is 13.3. The molecule has 23 nitrogen and oxygen atoms in total. The maximum Gasteiger partial charge on any atom is 0.510 e. The molecule has 0 spiro atoms. The second-order valence-corrected chi connectivity index (χ2v) is 24.4. The van der Waals surface area contributed by atoms with Crippen LogP contribution >= 0.6 is 11.6 Å². The Kier molecular flexibility index (Phi) is 21.8. The van der Waals surface area contributed by atoms with Gasteiger partial charge in [-0.15, -0.1) is 0 Å². The van der Waals surface area contributed by atoms with E-state index in [2.05, 4.69) is 5.16 Å². The van der Waals surface area contributed by atoms with Gasteiger partial charge < -0.3 is 75.9 Å². The molecule has 6 fully saturated rings. The van der Waals surface area contributed by atoms with E-state index in [4.69, 9.17) is 87.5 Å². The Labute approximate surface area is 475 Å². The molecular weight excluding hydrogens is 1070 g/mol. The van der Waals surface area contributed by atoms with Gasteiger partial charge in [-0.25, -0.2) is 9.59 Å². The third kappa shape index (κ3) is 14.3. The van der Waals surface area contributed by atoms with Crippen molar-refractivity contribution in [1.82, 2.24) is 0 Å². The number of hydrogen-bond acceptors (Lipinski definition) is 23. The molecule has 0 aromatic rings. The molecule has 5 heterocycles. The minimum atomic E-state index is -2.02. The maximum absolute atomic E-state index is 15.7. The van der Waals surface area contributed by atoms with Crippen LogP contribution < -0.4 is 0 Å². The normalized spacial score (nSPS) is 43.5. The quantitative estimate of drug-likeness (QED) is 0.0623. The second kappa shape index (κ2) is 26.7. The number of rotatable bonds is 16. The van der Waals surface area contributed by atoms with Crippen LogP contribution in [0.25, 0.3) is 0 Å². The zero-order valence-corrected chi connectivity index (χ0v) is 50.5. The van der Waals surface area contributed by atoms with Crippen molar-refractivity contribution in [3.8, 4) is 0 Å². The van der Waals surface area contributed by atoms with Gasteiger partial charge in [0, 0.05) is 65.6 Å². The van der Waals surface area contributed by atoms with Gasteiger partial charge >= 0.3 is 30.2 Å². The third-order valence-electron chi connectivity index (χ3n) is 17.0. The van der Waals surface area contributed by atoms with Crippen LogP contribution in [0.2, 0.25) is 0 Å². The Morgan fingerprint density at radius 1 is 0.700 bits per heavy atom. The first kappa shape index (κ1) is 65.2. The molecule has 24 atom stereocenters. The van der Waals surface area contributed by atoms with E-state index in [1.165, 1.54) is 35.2 Å². The highest BCUT2D eigenvalue weighted by molar-refractivity contribution is 6.25. The van der Waals surface area contributed by atoms with Crippen molar-refractivity contribution < 1.29 is 105 Å². The van der Waals surface area contributed by atoms with E-state index < -0.39 is 174 Å². The molecule has 5 saturated heterocycles. The van der Waals surface area contributed by atoms with Crippen molar-refractivity contribution >= 4 is 53.3 Å². The van der Waals surface area contributed by atoms with Crippen LogP contribution in [0.5, 0.6) is 0 Å². The molecule has 6 rings (SSSR count). The van der Waals surface area contributed by atoms with Gasteiger partial charge in [-0.05, 0) is 70.6 Å². The molecule has 24 heteroatoms. The van der Waals surface area contributed by atoms with Crippen molar-refractivity contribution in [1.29, 1.82) is 0 Å². The molecular formula is C56H88ClNO22. The number of oxime groups is 1. The van der Waals surface area contributed by atoms with Gasteiger partial charge in [0.1, 0.15) is 36.9 Å². The fraction of sp³-hybridized carbons (Fsp3) is 0.875. The van der Waals surface area contributed by atoms with Crippen molar-refractivity contribution in [3.05, 3.63) is 0 Å². The number of ketones is 1. The van der Waals surface area contributed by atoms with Crippen LogP contribution in [0.15, 0.2) is 5.16 Å². The summed E-state index contributed by atoms with van der Waals surface area (Å²) >= 11 is 7.81. The number of methoxy groups -OCH3 is 2. The maximum atomic E-state index is 15.7. The highest BCUT2D eigenvalue weighted by Gasteiger charge is 2.66. The van der Waals surface area contributed by atoms with E-state index in [9.17, 15) is 24.0 Å². The Balaban J connectivity index is 1.50. The molecule has 0 radical (unpaired) electrons. The first-order chi connectivity index (χ1) is 37.4. The second-order valence-electron chi connectivity index (χ2n) is 23.9. The van der Waals surface area contributed by atoms with Gasteiger partial charge in [0.05, 0.1) is 43.0 Å². The monoisotopic (exact) mass is 1160 g/mol. The lowest BCUT2D eigenvalue weighted by Gasteiger charge is -2.48. The summed E-state index contributed by atoms with van der Waals surface area (Å²) in [6.45, 7) is 25.9. The Morgan fingerprint density at radius 2 is 1.36 bits per heavy atom. The van der Waals surface area contributed by atoms with E-state index in [0.717, 1.165) is 0 Å². The van der Waals surface area contributed by atoms with Gasteiger partial charge in [0.15, 0.2) is 42.1 Å². The lowest BCUT2D eigenvalue weighted by molar-refractivity contribution is -0.306. The molecule has 1 aliphatic carbocycles. The lowest BCUT2D eigenvalue weighted by Crippen LogP contribution is -2.60. The van der Waals surface area contributed by atoms with Gasteiger partial charge in [-0.2, -0.15) is 0 Å². The molecule has 1 saturated carbocycles. The highest BCUT2D eigenvalue weighted by atomic mass is 35.5. The average molecular weight is 1160 g/mol. The number of esters is 3. The SMILES string of the molecule is CON=C1C[C@@H](C)O[C@@H](O[C@@H]2[C@@H](C)[C@H](O[C@H]3C[C@@]4(C)OC(=O)O[C@H]4[C@H](C)O3)[C@@H](C)C(=O)C[C@H]([C@@H](C)CO[C@@H]3O[C@H](C)[C@@H](OC(C)=O)[C@@H](OC)[C@H]3OC)[C@H](C)[C@@H](OC(=O)CC(C)C)[C@@H](C)C3(Cl)OC(=O)O[C@]3(C)C[C@@H]2C)[C@@H]1OC(C)=O. The Morgan fingerprint density at radius 3 is 1.98 bits per heavy atom. The van der Waals surface area contributed by atoms with Crippen molar-refractivity contribution in [2.75, 3.05) is 27.9 Å². The topological polar surface area (TPSA) is 262 Å². The summed E-state index contributed by atoms with van der Waals surface area (Å²) in [5.41, 5.74) is -2.50. The van der Waals surface area contributed by atoms with E-state index in [1.807, 2.05) is 41.5 Å². The summed E-state index contributed by atoms with van der Waals surface area (Å²) in [7, 11) is 4.30. The van der Waals surface area contributed by atoms with Crippen LogP contribution in [0.4, 0.5) is 9.59 Å². The van der Waals surface area contributed by atoms with Crippen LogP contribution in [0, 0.1) is 47.3 Å². The number of carbonyl (C=O) groups excluding carboxylic acids is 6. The number of halogens is 1. The molecule has 0 aromatic heterocycles. The minimum absolute atomic E-state index is 0.0267. The number of fused-ring (bicyclic) bond motifs is 2. The van der Waals surface area contributed by atoms with Crippen molar-refractivity contribution in [2.24, 2.45) is 52.5 Å². The summed E-state index contributed by atoms with van der Waals surface area (Å²) in [5.74, 6) is -7.49. The molecule has 0 aromatic carbocycles. The van der Waals surface area contributed by atoms with E-state index in [-0.39, 0.29) is 50.4 Å². The number of nitrogens with zero attached hydrogens (tertiary/aromatic N) is 1. The largest absolute Gasteiger partial charge is 0.510 e. The first-order valence-corrected chi connectivity index (χ1v) is 28.4. The van der Waals surface area contributed by atoms with E-state index >= 15 is 4.79 Å². The van der Waals surface area contributed by atoms with Gasteiger partial charge in [0.25, 0.3) is 0 Å². The summed E-state index contributed by atoms with van der Waals surface area (Å²) in [5, 5.41) is 2.19. The minimum Gasteiger partial charge on any atom is -0.462 e. The van der Waals surface area contributed by atoms with Crippen LogP contribution in [0.3, 0.4) is 0 Å². The first-order valence-electron chi connectivity index (χ1n) is 28.0. The predicted octanol–water partition coefficient (Wildman–Crippen LogP) is 7.59. The van der Waals surface area contributed by atoms with E-state index in [1.54, 1.807) is 48.5 Å². The van der Waals surface area contributed by atoms with Crippen LogP contribution in [-0.2, 0) is 95.1 Å². The Hall–Kier alpha value is -3.94. The number of Topliss-reactive ketones (excluding diaryl/α,β-unsaturated/α-hetero) is 1. The molecule has 0 amide bonds. The summed E-state index contributed by atoms with van der Waals surface area (Å²) in [6, 6.07) is 0. The molecule has 0 bridgehead atoms. The molecule has 80 heavy (non-hydrogen) atoms. The number of ether oxygens (including phenoxy) is 15. The van der Waals surface area contributed by atoms with Crippen molar-refractivity contribution in [3.63, 3.8) is 0 Å². The zero-order chi connectivity index (χ0) is 59.5. The third-order valence-corrected chi connectivity index (χ3v) is 17.8. The Bertz CT molecular complexity index is 2220. The molecule has 5 aliphatic heterocycles. The summed E-state index contributed by atoms with van der Waals surface area (Å²) < 4.78 is 93.1. The fourth-order valence-electron chi connectivity index (χ4n) is 13.0. The van der Waals surface area contributed by atoms with Crippen LogP contribution in [-0.4, -0.2) is 172 Å². The molecule has 456 valence electrons. The number of alkyl halides is 1. The summed E-state index contributed by atoms with van der Waals surface area (Å²) in [4.78, 5) is 86.3.